The maximum absolute atomic E-state index is 12.8. The molecule has 0 spiro atoms. The van der Waals surface area contributed by atoms with Crippen molar-refractivity contribution in [3.8, 4) is 0 Å². The predicted molar refractivity (Wildman–Crippen MR) is 110 cm³/mol. The van der Waals surface area contributed by atoms with Crippen molar-refractivity contribution < 1.29 is 22.8 Å². The molecule has 0 radical (unpaired) electrons. The highest BCUT2D eigenvalue weighted by molar-refractivity contribution is 6.04. The van der Waals surface area contributed by atoms with E-state index in [1.165, 1.54) is 47.0 Å². The molecule has 1 heterocycles. The number of rotatable bonds is 5. The van der Waals surface area contributed by atoms with Gasteiger partial charge in [0.1, 0.15) is 6.54 Å². The summed E-state index contributed by atoms with van der Waals surface area (Å²) < 4.78 is 39.7. The van der Waals surface area contributed by atoms with Gasteiger partial charge in [-0.15, -0.1) is 0 Å². The largest absolute Gasteiger partial charge is 0.416 e. The predicted octanol–water partition coefficient (Wildman–Crippen LogP) is 4.07. The van der Waals surface area contributed by atoms with E-state index in [4.69, 9.17) is 0 Å². The van der Waals surface area contributed by atoms with Gasteiger partial charge in [-0.3, -0.25) is 14.4 Å². The molecule has 0 aliphatic carbocycles. The SMILES string of the molecule is Cc1ccc(=O)n(CC(=O)Nc2ccc(C(=O)Nc3cccc(C(F)(F)F)c3)cc2)c1. The van der Waals surface area contributed by atoms with Gasteiger partial charge in [0, 0.05) is 29.2 Å². The van der Waals surface area contributed by atoms with Crippen LogP contribution in [0.25, 0.3) is 0 Å². The number of aromatic nitrogens is 1. The van der Waals surface area contributed by atoms with Crippen molar-refractivity contribution in [2.75, 3.05) is 10.6 Å². The molecule has 9 heteroatoms. The zero-order chi connectivity index (χ0) is 22.6. The number of carbonyl (C=O) groups is 2. The Bertz CT molecular complexity index is 1170. The van der Waals surface area contributed by atoms with E-state index in [1.807, 2.05) is 0 Å². The first-order chi connectivity index (χ1) is 14.6. The van der Waals surface area contributed by atoms with Crippen LogP contribution in [0.2, 0.25) is 0 Å². The lowest BCUT2D eigenvalue weighted by Crippen LogP contribution is -2.26. The number of hydrogen-bond donors (Lipinski definition) is 2. The first-order valence-electron chi connectivity index (χ1n) is 9.17. The van der Waals surface area contributed by atoms with E-state index in [0.717, 1.165) is 17.7 Å². The van der Waals surface area contributed by atoms with Gasteiger partial charge >= 0.3 is 6.18 Å². The van der Waals surface area contributed by atoms with Crippen LogP contribution < -0.4 is 16.2 Å². The zero-order valence-electron chi connectivity index (χ0n) is 16.4. The Balaban J connectivity index is 1.63. The molecule has 0 aliphatic rings. The summed E-state index contributed by atoms with van der Waals surface area (Å²) in [6, 6.07) is 13.2. The first-order valence-corrected chi connectivity index (χ1v) is 9.17. The van der Waals surface area contributed by atoms with Crippen LogP contribution in [0, 0.1) is 6.92 Å². The molecule has 6 nitrogen and oxygen atoms in total. The number of aryl methyl sites for hydroxylation is 1. The third kappa shape index (κ3) is 5.81. The monoisotopic (exact) mass is 429 g/mol. The van der Waals surface area contributed by atoms with Crippen molar-refractivity contribution in [1.82, 2.24) is 4.57 Å². The summed E-state index contributed by atoms with van der Waals surface area (Å²) in [5, 5.41) is 5.03. The fourth-order valence-corrected chi connectivity index (χ4v) is 2.81. The van der Waals surface area contributed by atoms with Gasteiger partial charge < -0.3 is 15.2 Å². The summed E-state index contributed by atoms with van der Waals surface area (Å²) in [5.74, 6) is -1.02. The van der Waals surface area contributed by atoms with E-state index >= 15 is 0 Å². The second kappa shape index (κ2) is 8.86. The van der Waals surface area contributed by atoms with Crippen LogP contribution in [0.3, 0.4) is 0 Å². The molecule has 31 heavy (non-hydrogen) atoms. The van der Waals surface area contributed by atoms with E-state index in [1.54, 1.807) is 19.2 Å². The molecule has 0 bridgehead atoms. The average molecular weight is 429 g/mol. The molecule has 2 aromatic carbocycles. The van der Waals surface area contributed by atoms with Crippen LogP contribution in [0.15, 0.2) is 71.7 Å². The molecule has 0 saturated carbocycles. The van der Waals surface area contributed by atoms with Gasteiger partial charge in [-0.25, -0.2) is 0 Å². The van der Waals surface area contributed by atoms with Crippen molar-refractivity contribution in [3.63, 3.8) is 0 Å². The summed E-state index contributed by atoms with van der Waals surface area (Å²) in [5.41, 5.74) is 0.286. The van der Waals surface area contributed by atoms with Crippen LogP contribution in [0.1, 0.15) is 21.5 Å². The normalized spacial score (nSPS) is 11.1. The molecule has 0 aliphatic heterocycles. The molecular formula is C22H18F3N3O3. The van der Waals surface area contributed by atoms with Crippen LogP contribution >= 0.6 is 0 Å². The number of hydrogen-bond acceptors (Lipinski definition) is 3. The molecule has 2 N–H and O–H groups in total. The Kier molecular flexibility index (Phi) is 6.24. The highest BCUT2D eigenvalue weighted by Crippen LogP contribution is 2.30. The number of halogens is 3. The molecule has 3 rings (SSSR count). The van der Waals surface area contributed by atoms with Crippen LogP contribution in [-0.2, 0) is 17.5 Å². The van der Waals surface area contributed by atoms with Crippen LogP contribution in [0.4, 0.5) is 24.5 Å². The third-order valence-corrected chi connectivity index (χ3v) is 4.32. The van der Waals surface area contributed by atoms with Gasteiger partial charge in [0.15, 0.2) is 0 Å². The van der Waals surface area contributed by atoms with Crippen molar-refractivity contribution in [2.24, 2.45) is 0 Å². The Morgan fingerprint density at radius 3 is 2.32 bits per heavy atom. The van der Waals surface area contributed by atoms with E-state index in [2.05, 4.69) is 10.6 Å². The fourth-order valence-electron chi connectivity index (χ4n) is 2.81. The molecule has 0 saturated heterocycles. The molecule has 160 valence electrons. The Morgan fingerprint density at radius 1 is 0.935 bits per heavy atom. The van der Waals surface area contributed by atoms with Gasteiger partial charge in [0.05, 0.1) is 5.56 Å². The van der Waals surface area contributed by atoms with Crippen LogP contribution in [-0.4, -0.2) is 16.4 Å². The minimum Gasteiger partial charge on any atom is -0.325 e. The second-order valence-electron chi connectivity index (χ2n) is 6.83. The molecule has 1 aromatic heterocycles. The number of nitrogens with zero attached hydrogens (tertiary/aromatic N) is 1. The average Bonchev–Trinajstić information content (AvgIpc) is 2.71. The van der Waals surface area contributed by atoms with Gasteiger partial charge in [-0.2, -0.15) is 13.2 Å². The number of alkyl halides is 3. The van der Waals surface area contributed by atoms with E-state index in [9.17, 15) is 27.6 Å². The fraction of sp³-hybridized carbons (Fsp3) is 0.136. The van der Waals surface area contributed by atoms with Crippen LogP contribution in [0.5, 0.6) is 0 Å². The van der Waals surface area contributed by atoms with E-state index in [-0.39, 0.29) is 23.4 Å². The number of amides is 2. The minimum atomic E-state index is -4.51. The lowest BCUT2D eigenvalue weighted by Gasteiger charge is -2.11. The molecule has 0 atom stereocenters. The number of nitrogens with one attached hydrogen (secondary N) is 2. The van der Waals surface area contributed by atoms with Gasteiger partial charge in [0.2, 0.25) is 5.91 Å². The summed E-state index contributed by atoms with van der Waals surface area (Å²) in [4.78, 5) is 36.3. The molecular weight excluding hydrogens is 411 g/mol. The highest BCUT2D eigenvalue weighted by atomic mass is 19.4. The Labute approximate surface area is 175 Å². The van der Waals surface area contributed by atoms with Gasteiger partial charge in [-0.05, 0) is 55.0 Å². The summed E-state index contributed by atoms with van der Waals surface area (Å²) in [6.07, 6.45) is -2.94. The summed E-state index contributed by atoms with van der Waals surface area (Å²) in [7, 11) is 0. The molecule has 0 unspecified atom stereocenters. The summed E-state index contributed by atoms with van der Waals surface area (Å²) in [6.45, 7) is 1.63. The lowest BCUT2D eigenvalue weighted by molar-refractivity contribution is -0.137. The molecule has 0 fully saturated rings. The van der Waals surface area contributed by atoms with Gasteiger partial charge in [0.25, 0.3) is 11.5 Å². The third-order valence-electron chi connectivity index (χ3n) is 4.32. The smallest absolute Gasteiger partial charge is 0.325 e. The van der Waals surface area contributed by atoms with E-state index < -0.39 is 23.6 Å². The number of carbonyl (C=O) groups excluding carboxylic acids is 2. The number of anilines is 2. The van der Waals surface area contributed by atoms with Crippen molar-refractivity contribution in [2.45, 2.75) is 19.6 Å². The molecule has 2 amide bonds. The quantitative estimate of drug-likeness (QED) is 0.642. The number of pyridine rings is 1. The lowest BCUT2D eigenvalue weighted by atomic mass is 10.1. The topological polar surface area (TPSA) is 80.2 Å². The summed E-state index contributed by atoms with van der Waals surface area (Å²) >= 11 is 0. The minimum absolute atomic E-state index is 0.0146. The maximum Gasteiger partial charge on any atom is 0.416 e. The molecule has 3 aromatic rings. The standard InChI is InChI=1S/C22H18F3N3O3/c1-14-5-10-20(30)28(12-14)13-19(29)26-17-8-6-15(7-9-17)21(31)27-18-4-2-3-16(11-18)22(23,24)25/h2-12H,13H2,1H3,(H,26,29)(H,27,31). The van der Waals surface area contributed by atoms with Gasteiger partial charge in [-0.1, -0.05) is 12.1 Å². The Hall–Kier alpha value is -3.88. The first kappa shape index (κ1) is 21.8. The highest BCUT2D eigenvalue weighted by Gasteiger charge is 2.30. The zero-order valence-corrected chi connectivity index (χ0v) is 16.4. The Morgan fingerprint density at radius 2 is 1.65 bits per heavy atom. The van der Waals surface area contributed by atoms with E-state index in [0.29, 0.717) is 5.69 Å². The van der Waals surface area contributed by atoms with Crippen molar-refractivity contribution >= 4 is 23.2 Å². The van der Waals surface area contributed by atoms with Crippen molar-refractivity contribution in [3.05, 3.63) is 93.9 Å². The maximum atomic E-state index is 12.8. The van der Waals surface area contributed by atoms with Crippen molar-refractivity contribution in [1.29, 1.82) is 0 Å². The number of benzene rings is 2. The second-order valence-corrected chi connectivity index (χ2v) is 6.83.